The van der Waals surface area contributed by atoms with E-state index in [0.717, 1.165) is 10.9 Å². The lowest BCUT2D eigenvalue weighted by molar-refractivity contribution is -0.141. The lowest BCUT2D eigenvalue weighted by atomic mass is 10.0. The SMILES string of the molecule is CCc1cc(Oc2nccn3c(-c4cn(CC(O)O)nc4C(F)(F)F)cnc23)ccc1C(=O)NCCOCC(C)(C)O. The summed E-state index contributed by atoms with van der Waals surface area (Å²) in [5.74, 6) is 0.0413. The quantitative estimate of drug-likeness (QED) is 0.144. The predicted molar refractivity (Wildman–Crippen MR) is 143 cm³/mol. The first kappa shape index (κ1) is 30.9. The molecule has 42 heavy (non-hydrogen) atoms. The topological polar surface area (TPSA) is 156 Å². The van der Waals surface area contributed by atoms with E-state index in [-0.39, 0.29) is 48.5 Å². The van der Waals surface area contributed by atoms with Crippen LogP contribution in [0.25, 0.3) is 16.9 Å². The number of fused-ring (bicyclic) bond motifs is 1. The summed E-state index contributed by atoms with van der Waals surface area (Å²) in [5, 5.41) is 34.3. The zero-order chi connectivity index (χ0) is 30.7. The molecule has 0 fully saturated rings. The van der Waals surface area contributed by atoms with Crippen LogP contribution < -0.4 is 10.1 Å². The van der Waals surface area contributed by atoms with Crippen molar-refractivity contribution in [2.75, 3.05) is 19.8 Å². The maximum absolute atomic E-state index is 13.8. The molecule has 226 valence electrons. The van der Waals surface area contributed by atoms with Gasteiger partial charge in [-0.15, -0.1) is 0 Å². The van der Waals surface area contributed by atoms with Gasteiger partial charge in [0, 0.05) is 30.7 Å². The normalized spacial score (nSPS) is 12.3. The maximum atomic E-state index is 13.8. The molecule has 1 amide bonds. The molecule has 0 aliphatic heterocycles. The number of amides is 1. The third-order valence-electron chi connectivity index (χ3n) is 5.96. The number of imidazole rings is 1. The standard InChI is InChI=1S/C27H31F3N6O6/c1-4-16-11-17(5-6-18(16)24(39)31-8-10-41-15-26(2,3)40)42-25-23-33-12-20(36(23)9-7-32-25)19-13-35(14-21(37)38)34-22(19)27(28,29)30/h5-7,9,11-13,21,37-38,40H,4,8,10,14-15H2,1-3H3,(H,31,39). The van der Waals surface area contributed by atoms with Crippen LogP contribution in [0.1, 0.15) is 42.4 Å². The number of halogens is 3. The van der Waals surface area contributed by atoms with Gasteiger partial charge in [-0.1, -0.05) is 6.92 Å². The monoisotopic (exact) mass is 592 g/mol. The highest BCUT2D eigenvalue weighted by Gasteiger charge is 2.38. The van der Waals surface area contributed by atoms with Crippen LogP contribution >= 0.6 is 0 Å². The third kappa shape index (κ3) is 7.42. The minimum Gasteiger partial charge on any atom is -0.436 e. The molecule has 3 heterocycles. The maximum Gasteiger partial charge on any atom is 0.435 e. The van der Waals surface area contributed by atoms with Gasteiger partial charge in [-0.3, -0.25) is 13.9 Å². The van der Waals surface area contributed by atoms with Crippen molar-refractivity contribution in [3.63, 3.8) is 0 Å². The van der Waals surface area contributed by atoms with Gasteiger partial charge < -0.3 is 30.1 Å². The number of carbonyl (C=O) groups is 1. The van der Waals surface area contributed by atoms with Gasteiger partial charge in [0.05, 0.1) is 42.8 Å². The van der Waals surface area contributed by atoms with Crippen LogP contribution in [-0.2, 0) is 23.9 Å². The van der Waals surface area contributed by atoms with Crippen LogP contribution in [0.4, 0.5) is 13.2 Å². The molecule has 1 aromatic carbocycles. The van der Waals surface area contributed by atoms with Crippen molar-refractivity contribution in [2.45, 2.75) is 51.8 Å². The number of benzene rings is 1. The van der Waals surface area contributed by atoms with Crippen molar-refractivity contribution < 1.29 is 42.8 Å². The number of aromatic nitrogens is 5. The Morgan fingerprint density at radius 1 is 1.19 bits per heavy atom. The third-order valence-corrected chi connectivity index (χ3v) is 5.96. The predicted octanol–water partition coefficient (Wildman–Crippen LogP) is 2.79. The Morgan fingerprint density at radius 3 is 2.62 bits per heavy atom. The van der Waals surface area contributed by atoms with Crippen LogP contribution in [0, 0.1) is 0 Å². The number of aryl methyl sites for hydroxylation is 1. The number of ether oxygens (including phenoxy) is 2. The van der Waals surface area contributed by atoms with Crippen LogP contribution in [0.3, 0.4) is 0 Å². The number of nitrogens with one attached hydrogen (secondary N) is 1. The van der Waals surface area contributed by atoms with Crippen molar-refractivity contribution >= 4 is 11.6 Å². The first-order valence-corrected chi connectivity index (χ1v) is 13.0. The zero-order valence-corrected chi connectivity index (χ0v) is 23.1. The van der Waals surface area contributed by atoms with Gasteiger partial charge in [0.25, 0.3) is 11.8 Å². The summed E-state index contributed by atoms with van der Waals surface area (Å²) >= 11 is 0. The molecule has 3 aromatic heterocycles. The van der Waals surface area contributed by atoms with Gasteiger partial charge in [-0.2, -0.15) is 18.3 Å². The van der Waals surface area contributed by atoms with Crippen LogP contribution in [0.5, 0.6) is 11.6 Å². The van der Waals surface area contributed by atoms with Gasteiger partial charge in [0.2, 0.25) is 5.65 Å². The van der Waals surface area contributed by atoms with Crippen molar-refractivity contribution in [2.24, 2.45) is 0 Å². The molecule has 0 aliphatic rings. The molecule has 0 aliphatic carbocycles. The molecule has 12 nitrogen and oxygen atoms in total. The van der Waals surface area contributed by atoms with E-state index in [4.69, 9.17) is 9.47 Å². The van der Waals surface area contributed by atoms with Crippen LogP contribution in [-0.4, -0.2) is 77.0 Å². The second-order valence-electron chi connectivity index (χ2n) is 10.1. The van der Waals surface area contributed by atoms with Gasteiger partial charge in [0.15, 0.2) is 12.0 Å². The first-order valence-electron chi connectivity index (χ1n) is 13.0. The Kier molecular flexibility index (Phi) is 9.15. The molecule has 4 N–H and O–H groups in total. The van der Waals surface area contributed by atoms with Crippen molar-refractivity contribution in [3.8, 4) is 22.9 Å². The number of rotatable bonds is 12. The van der Waals surface area contributed by atoms with Crippen LogP contribution in [0.15, 0.2) is 43.0 Å². The summed E-state index contributed by atoms with van der Waals surface area (Å²) in [6, 6.07) is 4.83. The van der Waals surface area contributed by atoms with E-state index < -0.39 is 30.3 Å². The fourth-order valence-electron chi connectivity index (χ4n) is 4.16. The molecule has 0 bridgehead atoms. The van der Waals surface area contributed by atoms with Crippen molar-refractivity contribution in [1.82, 2.24) is 29.5 Å². The fraction of sp³-hybridized carbons (Fsp3) is 0.407. The molecular weight excluding hydrogens is 561 g/mol. The number of hydrogen-bond donors (Lipinski definition) is 4. The van der Waals surface area contributed by atoms with Gasteiger partial charge in [0.1, 0.15) is 5.75 Å². The van der Waals surface area contributed by atoms with E-state index in [2.05, 4.69) is 20.4 Å². The highest BCUT2D eigenvalue weighted by Crippen LogP contribution is 2.37. The van der Waals surface area contributed by atoms with Gasteiger partial charge in [-0.25, -0.2) is 9.97 Å². The molecule has 4 rings (SSSR count). The molecule has 0 unspecified atom stereocenters. The molecule has 15 heteroatoms. The van der Waals surface area contributed by atoms with Crippen molar-refractivity contribution in [3.05, 3.63) is 59.8 Å². The van der Waals surface area contributed by atoms with E-state index in [1.165, 1.54) is 23.0 Å². The largest absolute Gasteiger partial charge is 0.436 e. The summed E-state index contributed by atoms with van der Waals surface area (Å²) < 4.78 is 54.7. The lowest BCUT2D eigenvalue weighted by Crippen LogP contribution is -2.31. The zero-order valence-electron chi connectivity index (χ0n) is 23.1. The summed E-state index contributed by atoms with van der Waals surface area (Å²) in [6.45, 7) is 5.17. The Morgan fingerprint density at radius 2 is 1.95 bits per heavy atom. The molecule has 0 radical (unpaired) electrons. The first-order chi connectivity index (χ1) is 19.8. The number of carbonyl (C=O) groups excluding carboxylic acids is 1. The average molecular weight is 593 g/mol. The van der Waals surface area contributed by atoms with E-state index in [1.54, 1.807) is 32.0 Å². The minimum atomic E-state index is -4.81. The Bertz CT molecular complexity index is 1540. The van der Waals surface area contributed by atoms with Crippen LogP contribution in [0.2, 0.25) is 0 Å². The second kappa shape index (κ2) is 12.4. The number of aliphatic hydroxyl groups is 3. The van der Waals surface area contributed by atoms with Gasteiger partial charge in [-0.05, 0) is 44.0 Å². The summed E-state index contributed by atoms with van der Waals surface area (Å²) in [7, 11) is 0. The second-order valence-corrected chi connectivity index (χ2v) is 10.1. The summed E-state index contributed by atoms with van der Waals surface area (Å²) in [4.78, 5) is 21.1. The molecule has 0 saturated carbocycles. The lowest BCUT2D eigenvalue weighted by Gasteiger charge is -2.17. The van der Waals surface area contributed by atoms with E-state index in [0.29, 0.717) is 23.3 Å². The fourth-order valence-corrected chi connectivity index (χ4v) is 4.16. The molecule has 4 aromatic rings. The van der Waals surface area contributed by atoms with Gasteiger partial charge >= 0.3 is 6.18 Å². The molecule has 0 saturated heterocycles. The average Bonchev–Trinajstić information content (AvgIpc) is 3.52. The Hall–Kier alpha value is -4.05. The summed E-state index contributed by atoms with van der Waals surface area (Å²) in [6.07, 6.45) is -1.17. The van der Waals surface area contributed by atoms with E-state index >= 15 is 0 Å². The van der Waals surface area contributed by atoms with E-state index in [9.17, 15) is 33.3 Å². The molecule has 0 atom stereocenters. The summed E-state index contributed by atoms with van der Waals surface area (Å²) in [5.41, 5.74) is -1.21. The number of nitrogens with zero attached hydrogens (tertiary/aromatic N) is 5. The van der Waals surface area contributed by atoms with E-state index in [1.807, 2.05) is 6.92 Å². The number of aliphatic hydroxyl groups excluding tert-OH is 1. The smallest absolute Gasteiger partial charge is 0.435 e. The minimum absolute atomic E-state index is 0.0127. The van der Waals surface area contributed by atoms with Crippen molar-refractivity contribution in [1.29, 1.82) is 0 Å². The Labute approximate surface area is 238 Å². The Balaban J connectivity index is 1.55. The molecule has 0 spiro atoms. The molecular formula is C27H31F3N6O6. The number of hydrogen-bond acceptors (Lipinski definition) is 9. The highest BCUT2D eigenvalue weighted by molar-refractivity contribution is 5.95. The highest BCUT2D eigenvalue weighted by atomic mass is 19.4. The number of alkyl halides is 3.